The van der Waals surface area contributed by atoms with Gasteiger partial charge >= 0.3 is 0 Å². The van der Waals surface area contributed by atoms with E-state index in [2.05, 4.69) is 10.6 Å². The molecule has 0 bridgehead atoms. The van der Waals surface area contributed by atoms with E-state index in [9.17, 15) is 4.79 Å². The maximum absolute atomic E-state index is 11.7. The molecule has 0 heterocycles. The quantitative estimate of drug-likeness (QED) is 0.545. The lowest BCUT2D eigenvalue weighted by Gasteiger charge is -2.11. The Hall–Kier alpha value is -1.75. The predicted octanol–water partition coefficient (Wildman–Crippen LogP) is 0.423. The van der Waals surface area contributed by atoms with E-state index in [0.717, 1.165) is 0 Å². The van der Waals surface area contributed by atoms with Gasteiger partial charge in [0.2, 0.25) is 0 Å². The minimum absolute atomic E-state index is 0.00361. The summed E-state index contributed by atoms with van der Waals surface area (Å²) in [7, 11) is 0. The first-order valence-electron chi connectivity index (χ1n) is 5.21. The van der Waals surface area contributed by atoms with Crippen molar-refractivity contribution in [3.05, 3.63) is 23.8 Å². The van der Waals surface area contributed by atoms with Crippen LogP contribution in [0.2, 0.25) is 0 Å². The van der Waals surface area contributed by atoms with Crippen LogP contribution in [-0.2, 0) is 0 Å². The molecule has 0 aliphatic heterocycles. The van der Waals surface area contributed by atoms with Crippen molar-refractivity contribution in [1.29, 1.82) is 0 Å². The first kappa shape index (κ1) is 12.3. The summed E-state index contributed by atoms with van der Waals surface area (Å²) in [5, 5.41) is 14.4. The number of aliphatic hydroxyl groups excluding tert-OH is 1. The second-order valence-electron chi connectivity index (χ2n) is 3.31. The Morgan fingerprint density at radius 3 is 2.88 bits per heavy atom. The lowest BCUT2D eigenvalue weighted by Crippen LogP contribution is -2.24. The van der Waals surface area contributed by atoms with Crippen molar-refractivity contribution in [3.63, 3.8) is 0 Å². The number of hydrogen-bond acceptors (Lipinski definition) is 4. The van der Waals surface area contributed by atoms with Gasteiger partial charge in [0.25, 0.3) is 5.91 Å². The van der Waals surface area contributed by atoms with Crippen LogP contribution in [0.15, 0.2) is 18.2 Å². The largest absolute Gasteiger partial charge is 0.399 e. The number of rotatable bonds is 5. The fourth-order valence-electron chi connectivity index (χ4n) is 1.35. The summed E-state index contributed by atoms with van der Waals surface area (Å²) in [5.74, 6) is -0.150. The second-order valence-corrected chi connectivity index (χ2v) is 3.31. The van der Waals surface area contributed by atoms with Crippen molar-refractivity contribution in [2.45, 2.75) is 6.92 Å². The van der Waals surface area contributed by atoms with Crippen molar-refractivity contribution in [2.24, 2.45) is 0 Å². The van der Waals surface area contributed by atoms with Crippen LogP contribution < -0.4 is 16.4 Å². The van der Waals surface area contributed by atoms with E-state index in [4.69, 9.17) is 10.8 Å². The van der Waals surface area contributed by atoms with E-state index in [-0.39, 0.29) is 12.5 Å². The molecule has 5 heteroatoms. The van der Waals surface area contributed by atoms with Crippen LogP contribution in [0.5, 0.6) is 0 Å². The fraction of sp³-hybridized carbons (Fsp3) is 0.364. The molecule has 88 valence electrons. The number of benzene rings is 1. The molecule has 0 fully saturated rings. The molecule has 1 aromatic rings. The molecule has 5 nitrogen and oxygen atoms in total. The molecule has 1 aromatic carbocycles. The van der Waals surface area contributed by atoms with E-state index in [1.54, 1.807) is 18.2 Å². The van der Waals surface area contributed by atoms with Gasteiger partial charge in [-0.2, -0.15) is 0 Å². The molecule has 1 rings (SSSR count). The van der Waals surface area contributed by atoms with Crippen LogP contribution in [0.1, 0.15) is 17.3 Å². The summed E-state index contributed by atoms with van der Waals surface area (Å²) in [5.41, 5.74) is 7.39. The van der Waals surface area contributed by atoms with Gasteiger partial charge < -0.3 is 21.5 Å². The summed E-state index contributed by atoms with van der Waals surface area (Å²) >= 11 is 0. The molecule has 0 radical (unpaired) electrons. The number of amides is 1. The normalized spacial score (nSPS) is 9.88. The highest BCUT2D eigenvalue weighted by atomic mass is 16.3. The number of hydrogen-bond donors (Lipinski definition) is 4. The van der Waals surface area contributed by atoms with Gasteiger partial charge in [-0.1, -0.05) is 0 Å². The molecular formula is C11H17N3O2. The minimum Gasteiger partial charge on any atom is -0.399 e. The summed E-state index contributed by atoms with van der Waals surface area (Å²) in [6.07, 6.45) is 0. The van der Waals surface area contributed by atoms with E-state index in [0.29, 0.717) is 30.0 Å². The molecule has 0 aliphatic rings. The number of nitrogens with one attached hydrogen (secondary N) is 2. The fourth-order valence-corrected chi connectivity index (χ4v) is 1.35. The molecule has 0 unspecified atom stereocenters. The summed E-state index contributed by atoms with van der Waals surface area (Å²) in [6.45, 7) is 2.82. The Morgan fingerprint density at radius 1 is 1.50 bits per heavy atom. The lowest BCUT2D eigenvalue weighted by molar-refractivity contribution is 0.0956. The third-order valence-corrected chi connectivity index (χ3v) is 2.05. The number of carbonyl (C=O) groups excluding carboxylic acids is 1. The van der Waals surface area contributed by atoms with Gasteiger partial charge in [-0.25, -0.2) is 0 Å². The van der Waals surface area contributed by atoms with Gasteiger partial charge in [0.05, 0.1) is 12.2 Å². The van der Waals surface area contributed by atoms with Gasteiger partial charge in [-0.3, -0.25) is 4.79 Å². The maximum Gasteiger partial charge on any atom is 0.253 e. The first-order valence-corrected chi connectivity index (χ1v) is 5.21. The van der Waals surface area contributed by atoms with Gasteiger partial charge in [0.15, 0.2) is 0 Å². The molecule has 0 aliphatic carbocycles. The minimum atomic E-state index is -0.150. The Morgan fingerprint density at radius 2 is 2.25 bits per heavy atom. The molecular weight excluding hydrogens is 206 g/mol. The number of nitrogens with two attached hydrogens (primary N) is 1. The molecule has 1 amide bonds. The molecule has 0 spiro atoms. The molecule has 16 heavy (non-hydrogen) atoms. The Labute approximate surface area is 94.7 Å². The smallest absolute Gasteiger partial charge is 0.253 e. The van der Waals surface area contributed by atoms with Gasteiger partial charge in [-0.15, -0.1) is 0 Å². The summed E-state index contributed by atoms with van der Waals surface area (Å²) in [4.78, 5) is 11.7. The van der Waals surface area contributed by atoms with Crippen LogP contribution in [0.4, 0.5) is 11.4 Å². The topological polar surface area (TPSA) is 87.4 Å². The lowest BCUT2D eigenvalue weighted by atomic mass is 10.1. The summed E-state index contributed by atoms with van der Waals surface area (Å²) in [6, 6.07) is 5.02. The predicted molar refractivity (Wildman–Crippen MR) is 64.4 cm³/mol. The van der Waals surface area contributed by atoms with Crippen molar-refractivity contribution >= 4 is 17.3 Å². The standard InChI is InChI=1S/C11H17N3O2/c1-2-13-11(16)9-4-3-8(12)7-10(9)14-5-6-15/h3-4,7,14-15H,2,5-6,12H2,1H3,(H,13,16). The number of aliphatic hydroxyl groups is 1. The first-order chi connectivity index (χ1) is 7.69. The second kappa shape index (κ2) is 5.97. The van der Waals surface area contributed by atoms with Crippen LogP contribution in [0, 0.1) is 0 Å². The van der Waals surface area contributed by atoms with E-state index in [1.165, 1.54) is 0 Å². The maximum atomic E-state index is 11.7. The van der Waals surface area contributed by atoms with Crippen molar-refractivity contribution in [2.75, 3.05) is 30.7 Å². The van der Waals surface area contributed by atoms with Gasteiger partial charge in [-0.05, 0) is 25.1 Å². The van der Waals surface area contributed by atoms with Gasteiger partial charge in [0.1, 0.15) is 0 Å². The van der Waals surface area contributed by atoms with Crippen molar-refractivity contribution < 1.29 is 9.90 Å². The molecule has 0 saturated heterocycles. The monoisotopic (exact) mass is 223 g/mol. The average Bonchev–Trinajstić information content (AvgIpc) is 2.26. The highest BCUT2D eigenvalue weighted by Gasteiger charge is 2.10. The third kappa shape index (κ3) is 3.13. The zero-order valence-electron chi connectivity index (χ0n) is 9.29. The molecule has 0 aromatic heterocycles. The molecule has 0 atom stereocenters. The molecule has 0 saturated carbocycles. The average molecular weight is 223 g/mol. The van der Waals surface area contributed by atoms with E-state index >= 15 is 0 Å². The van der Waals surface area contributed by atoms with Gasteiger partial charge in [0, 0.05) is 24.5 Å². The third-order valence-electron chi connectivity index (χ3n) is 2.05. The van der Waals surface area contributed by atoms with E-state index in [1.807, 2.05) is 6.92 Å². The van der Waals surface area contributed by atoms with Crippen LogP contribution >= 0.6 is 0 Å². The number of nitrogen functional groups attached to an aromatic ring is 1. The number of carbonyl (C=O) groups is 1. The molecule has 5 N–H and O–H groups in total. The van der Waals surface area contributed by atoms with Crippen LogP contribution in [-0.4, -0.2) is 30.7 Å². The Bertz CT molecular complexity index is 366. The van der Waals surface area contributed by atoms with Crippen LogP contribution in [0.3, 0.4) is 0 Å². The number of anilines is 2. The highest BCUT2D eigenvalue weighted by molar-refractivity contribution is 6.00. The zero-order chi connectivity index (χ0) is 12.0. The Kier molecular flexibility index (Phi) is 4.60. The van der Waals surface area contributed by atoms with Crippen molar-refractivity contribution in [1.82, 2.24) is 5.32 Å². The Balaban J connectivity index is 2.92. The highest BCUT2D eigenvalue weighted by Crippen LogP contribution is 2.18. The van der Waals surface area contributed by atoms with Crippen molar-refractivity contribution in [3.8, 4) is 0 Å². The zero-order valence-corrected chi connectivity index (χ0v) is 9.29. The summed E-state index contributed by atoms with van der Waals surface area (Å²) < 4.78 is 0. The van der Waals surface area contributed by atoms with E-state index < -0.39 is 0 Å². The SMILES string of the molecule is CCNC(=O)c1ccc(N)cc1NCCO. The van der Waals surface area contributed by atoms with Crippen LogP contribution in [0.25, 0.3) is 0 Å².